The molecular weight excluding hydrogens is 288 g/mol. The van der Waals surface area contributed by atoms with Crippen LogP contribution in [-0.4, -0.2) is 34.9 Å². The van der Waals surface area contributed by atoms with Crippen LogP contribution < -0.4 is 5.32 Å². The third-order valence-corrected chi connectivity index (χ3v) is 4.40. The van der Waals surface area contributed by atoms with Gasteiger partial charge in [-0.1, -0.05) is 0 Å². The van der Waals surface area contributed by atoms with Crippen molar-refractivity contribution in [1.82, 2.24) is 9.97 Å². The van der Waals surface area contributed by atoms with Crippen molar-refractivity contribution in [2.24, 2.45) is 4.99 Å². The molecule has 0 radical (unpaired) electrons. The van der Waals surface area contributed by atoms with E-state index in [9.17, 15) is 0 Å². The molecule has 2 aliphatic heterocycles. The van der Waals surface area contributed by atoms with Gasteiger partial charge in [0.05, 0.1) is 18.0 Å². The highest BCUT2D eigenvalue weighted by molar-refractivity contribution is 6.16. The zero-order valence-electron chi connectivity index (χ0n) is 13.2. The number of hydrogen-bond donors (Lipinski definition) is 1. The van der Waals surface area contributed by atoms with Crippen molar-refractivity contribution < 1.29 is 4.74 Å². The number of aromatic nitrogens is 2. The Bertz CT molecular complexity index is 750. The molecule has 0 bridgehead atoms. The standard InChI is InChI=1S/C18H20N4O/c1-12-2-6-19-15(10-12)17-16-13(11-21-17)3-7-20-18(16)22-14-4-8-23-9-5-14/h2-3,6-7,10,14H,4-5,8-9,11H2,1H3,(H,20,22). The van der Waals surface area contributed by atoms with Crippen molar-refractivity contribution in [2.45, 2.75) is 32.4 Å². The number of nitrogens with zero attached hydrogens (tertiary/aromatic N) is 3. The van der Waals surface area contributed by atoms with Gasteiger partial charge < -0.3 is 10.1 Å². The Balaban J connectivity index is 1.68. The molecule has 2 aromatic rings. The quantitative estimate of drug-likeness (QED) is 0.947. The van der Waals surface area contributed by atoms with Gasteiger partial charge in [-0.15, -0.1) is 0 Å². The van der Waals surface area contributed by atoms with Crippen LogP contribution >= 0.6 is 0 Å². The highest BCUT2D eigenvalue weighted by atomic mass is 16.5. The van der Waals surface area contributed by atoms with E-state index in [0.29, 0.717) is 12.6 Å². The van der Waals surface area contributed by atoms with Gasteiger partial charge in [0, 0.05) is 37.2 Å². The van der Waals surface area contributed by atoms with Crippen molar-refractivity contribution in [3.8, 4) is 0 Å². The molecule has 1 fully saturated rings. The number of pyridine rings is 2. The number of anilines is 1. The second kappa shape index (κ2) is 6.08. The van der Waals surface area contributed by atoms with Gasteiger partial charge in [-0.3, -0.25) is 9.98 Å². The molecule has 4 heterocycles. The fraction of sp³-hybridized carbons (Fsp3) is 0.389. The maximum absolute atomic E-state index is 5.44. The number of aryl methyl sites for hydroxylation is 1. The predicted octanol–water partition coefficient (Wildman–Crippen LogP) is 2.73. The summed E-state index contributed by atoms with van der Waals surface area (Å²) in [6.07, 6.45) is 5.73. The van der Waals surface area contributed by atoms with Crippen LogP contribution in [0.4, 0.5) is 5.82 Å². The molecule has 0 aromatic carbocycles. The first-order chi connectivity index (χ1) is 11.3. The largest absolute Gasteiger partial charge is 0.381 e. The van der Waals surface area contributed by atoms with E-state index in [1.807, 2.05) is 18.5 Å². The zero-order chi connectivity index (χ0) is 15.6. The highest BCUT2D eigenvalue weighted by Gasteiger charge is 2.24. The van der Waals surface area contributed by atoms with Crippen molar-refractivity contribution in [2.75, 3.05) is 18.5 Å². The Morgan fingerprint density at radius 3 is 2.78 bits per heavy atom. The van der Waals surface area contributed by atoms with Gasteiger partial charge in [-0.2, -0.15) is 0 Å². The lowest BCUT2D eigenvalue weighted by Crippen LogP contribution is -2.29. The van der Waals surface area contributed by atoms with Crippen molar-refractivity contribution in [3.05, 3.63) is 53.0 Å². The van der Waals surface area contributed by atoms with E-state index in [1.165, 1.54) is 11.1 Å². The lowest BCUT2D eigenvalue weighted by atomic mass is 10.0. The van der Waals surface area contributed by atoms with E-state index in [2.05, 4.69) is 34.3 Å². The predicted molar refractivity (Wildman–Crippen MR) is 90.0 cm³/mol. The Labute approximate surface area is 135 Å². The van der Waals surface area contributed by atoms with Gasteiger partial charge in [0.25, 0.3) is 0 Å². The van der Waals surface area contributed by atoms with Crippen LogP contribution in [0.15, 0.2) is 35.6 Å². The maximum Gasteiger partial charge on any atom is 0.136 e. The average Bonchev–Trinajstić information content (AvgIpc) is 3.01. The summed E-state index contributed by atoms with van der Waals surface area (Å²) in [5.74, 6) is 0.925. The third-order valence-electron chi connectivity index (χ3n) is 4.40. The van der Waals surface area contributed by atoms with Gasteiger partial charge in [0.1, 0.15) is 5.82 Å². The second-order valence-corrected chi connectivity index (χ2v) is 6.11. The van der Waals surface area contributed by atoms with Crippen molar-refractivity contribution in [1.29, 1.82) is 0 Å². The lowest BCUT2D eigenvalue weighted by molar-refractivity contribution is 0.0904. The SMILES string of the molecule is Cc1ccnc(C2=NCc3ccnc(NC4CCOCC4)c32)c1. The Morgan fingerprint density at radius 1 is 1.13 bits per heavy atom. The monoisotopic (exact) mass is 308 g/mol. The summed E-state index contributed by atoms with van der Waals surface area (Å²) in [5, 5.41) is 3.60. The minimum Gasteiger partial charge on any atom is -0.381 e. The highest BCUT2D eigenvalue weighted by Crippen LogP contribution is 2.28. The van der Waals surface area contributed by atoms with E-state index in [1.54, 1.807) is 0 Å². The first-order valence-electron chi connectivity index (χ1n) is 8.11. The Hall–Kier alpha value is -2.27. The molecule has 118 valence electrons. The number of hydrogen-bond acceptors (Lipinski definition) is 5. The van der Waals surface area contributed by atoms with Gasteiger partial charge >= 0.3 is 0 Å². The van der Waals surface area contributed by atoms with Crippen molar-refractivity contribution in [3.63, 3.8) is 0 Å². The molecule has 5 nitrogen and oxygen atoms in total. The van der Waals surface area contributed by atoms with E-state index < -0.39 is 0 Å². The summed E-state index contributed by atoms with van der Waals surface area (Å²) in [6.45, 7) is 4.40. The smallest absolute Gasteiger partial charge is 0.136 e. The fourth-order valence-electron chi connectivity index (χ4n) is 3.16. The normalized spacial score (nSPS) is 17.7. The van der Waals surface area contributed by atoms with Crippen LogP contribution in [0.5, 0.6) is 0 Å². The second-order valence-electron chi connectivity index (χ2n) is 6.11. The number of aliphatic imine (C=N–C) groups is 1. The number of nitrogens with one attached hydrogen (secondary N) is 1. The molecule has 0 saturated carbocycles. The van der Waals surface area contributed by atoms with Crippen molar-refractivity contribution >= 4 is 11.5 Å². The first kappa shape index (κ1) is 14.3. The number of fused-ring (bicyclic) bond motifs is 1. The maximum atomic E-state index is 5.44. The summed E-state index contributed by atoms with van der Waals surface area (Å²) in [4.78, 5) is 13.8. The summed E-state index contributed by atoms with van der Waals surface area (Å²) >= 11 is 0. The zero-order valence-corrected chi connectivity index (χ0v) is 13.2. The molecule has 1 N–H and O–H groups in total. The van der Waals surface area contributed by atoms with Gasteiger partial charge in [0.15, 0.2) is 0 Å². The first-order valence-corrected chi connectivity index (χ1v) is 8.11. The molecule has 2 aromatic heterocycles. The van der Waals surface area contributed by atoms with E-state index >= 15 is 0 Å². The Kier molecular flexibility index (Phi) is 3.79. The van der Waals surface area contributed by atoms with E-state index in [0.717, 1.165) is 48.8 Å². The molecule has 2 aliphatic rings. The average molecular weight is 308 g/mol. The minimum absolute atomic E-state index is 0.412. The summed E-state index contributed by atoms with van der Waals surface area (Å²) in [5.41, 5.74) is 5.39. The van der Waals surface area contributed by atoms with Crippen LogP contribution in [0.1, 0.15) is 35.2 Å². The molecule has 0 unspecified atom stereocenters. The molecule has 1 saturated heterocycles. The lowest BCUT2D eigenvalue weighted by Gasteiger charge is -2.24. The number of rotatable bonds is 3. The molecule has 5 heteroatoms. The topological polar surface area (TPSA) is 59.4 Å². The molecule has 0 atom stereocenters. The molecule has 4 rings (SSSR count). The molecule has 23 heavy (non-hydrogen) atoms. The van der Waals surface area contributed by atoms with Crippen LogP contribution in [-0.2, 0) is 11.3 Å². The van der Waals surface area contributed by atoms with Gasteiger partial charge in [-0.25, -0.2) is 4.98 Å². The van der Waals surface area contributed by atoms with Gasteiger partial charge in [0.2, 0.25) is 0 Å². The summed E-state index contributed by atoms with van der Waals surface area (Å²) in [7, 11) is 0. The van der Waals surface area contributed by atoms with E-state index in [-0.39, 0.29) is 0 Å². The van der Waals surface area contributed by atoms with Crippen LogP contribution in [0.2, 0.25) is 0 Å². The van der Waals surface area contributed by atoms with Crippen LogP contribution in [0, 0.1) is 6.92 Å². The fourth-order valence-corrected chi connectivity index (χ4v) is 3.16. The summed E-state index contributed by atoms with van der Waals surface area (Å²) < 4.78 is 5.44. The van der Waals surface area contributed by atoms with E-state index in [4.69, 9.17) is 9.73 Å². The van der Waals surface area contributed by atoms with Gasteiger partial charge in [-0.05, 0) is 49.1 Å². The Morgan fingerprint density at radius 2 is 1.96 bits per heavy atom. The van der Waals surface area contributed by atoms with Crippen LogP contribution in [0.3, 0.4) is 0 Å². The minimum atomic E-state index is 0.412. The molecule has 0 amide bonds. The number of ether oxygens (including phenoxy) is 1. The molecule has 0 spiro atoms. The van der Waals surface area contributed by atoms with Crippen LogP contribution in [0.25, 0.3) is 0 Å². The molecular formula is C18H20N4O. The third kappa shape index (κ3) is 2.84. The molecule has 0 aliphatic carbocycles. The summed E-state index contributed by atoms with van der Waals surface area (Å²) in [6, 6.07) is 6.55.